The summed E-state index contributed by atoms with van der Waals surface area (Å²) < 4.78 is 1.75. The van der Waals surface area contributed by atoms with Gasteiger partial charge in [-0.3, -0.25) is 19.4 Å². The van der Waals surface area contributed by atoms with E-state index in [1.807, 2.05) is 32.3 Å². The quantitative estimate of drug-likeness (QED) is 0.782. The van der Waals surface area contributed by atoms with Gasteiger partial charge >= 0.3 is 0 Å². The van der Waals surface area contributed by atoms with Gasteiger partial charge in [0.25, 0.3) is 0 Å². The predicted octanol–water partition coefficient (Wildman–Crippen LogP) is 2.45. The number of aryl methyl sites for hydroxylation is 1. The second-order valence-corrected chi connectivity index (χ2v) is 6.80. The number of carbonyl (C=O) groups is 1. The molecule has 4 heterocycles. The van der Waals surface area contributed by atoms with Crippen LogP contribution < -0.4 is 5.32 Å². The molecule has 7 nitrogen and oxygen atoms in total. The molecule has 7 heteroatoms. The van der Waals surface area contributed by atoms with Crippen molar-refractivity contribution in [2.75, 3.05) is 18.4 Å². The van der Waals surface area contributed by atoms with E-state index in [0.29, 0.717) is 5.82 Å². The minimum absolute atomic E-state index is 0.0136. The first-order chi connectivity index (χ1) is 12.6. The van der Waals surface area contributed by atoms with Crippen LogP contribution in [0.4, 0.5) is 5.82 Å². The van der Waals surface area contributed by atoms with Crippen LogP contribution in [0.5, 0.6) is 0 Å². The Hall–Kier alpha value is -2.80. The van der Waals surface area contributed by atoms with E-state index < -0.39 is 0 Å². The number of nitrogens with one attached hydrogen (secondary N) is 1. The summed E-state index contributed by atoms with van der Waals surface area (Å²) in [6, 6.07) is 3.75. The summed E-state index contributed by atoms with van der Waals surface area (Å²) in [6.45, 7) is 3.92. The van der Waals surface area contributed by atoms with Crippen molar-refractivity contribution in [3.63, 3.8) is 0 Å². The minimum atomic E-state index is -0.140. The lowest BCUT2D eigenvalue weighted by molar-refractivity contribution is -0.120. The van der Waals surface area contributed by atoms with Gasteiger partial charge in [0, 0.05) is 36.6 Å². The number of aromatic nitrogens is 4. The summed E-state index contributed by atoms with van der Waals surface area (Å²) in [6.07, 6.45) is 9.58. The summed E-state index contributed by atoms with van der Waals surface area (Å²) >= 11 is 0. The van der Waals surface area contributed by atoms with Gasteiger partial charge in [-0.25, -0.2) is 4.98 Å². The number of pyridine rings is 2. The molecular weight excluding hydrogens is 328 g/mol. The lowest BCUT2D eigenvalue weighted by atomic mass is 10.1. The molecular formula is C19H22N6O. The molecule has 3 aromatic heterocycles. The zero-order chi connectivity index (χ0) is 18.1. The smallest absolute Gasteiger partial charge is 0.242 e. The molecule has 1 N–H and O–H groups in total. The van der Waals surface area contributed by atoms with Gasteiger partial charge in [-0.05, 0) is 50.4 Å². The van der Waals surface area contributed by atoms with E-state index >= 15 is 0 Å². The second kappa shape index (κ2) is 6.84. The van der Waals surface area contributed by atoms with Crippen LogP contribution >= 0.6 is 0 Å². The molecule has 1 saturated heterocycles. The minimum Gasteiger partial charge on any atom is -0.309 e. The van der Waals surface area contributed by atoms with Crippen molar-refractivity contribution in [1.82, 2.24) is 24.6 Å². The van der Waals surface area contributed by atoms with E-state index in [9.17, 15) is 4.79 Å². The van der Waals surface area contributed by atoms with Gasteiger partial charge in [-0.15, -0.1) is 0 Å². The Morgan fingerprint density at radius 2 is 1.88 bits per heavy atom. The molecule has 4 rings (SSSR count). The summed E-state index contributed by atoms with van der Waals surface area (Å²) in [4.78, 5) is 23.5. The molecule has 0 spiro atoms. The highest BCUT2D eigenvalue weighted by molar-refractivity contribution is 5.96. The average Bonchev–Trinajstić information content (AvgIpc) is 3.32. The Kier molecular flexibility index (Phi) is 4.38. The third-order valence-corrected chi connectivity index (χ3v) is 4.92. The third kappa shape index (κ3) is 3.30. The highest BCUT2D eigenvalue weighted by Crippen LogP contribution is 2.23. The fourth-order valence-electron chi connectivity index (χ4n) is 3.34. The lowest BCUT2D eigenvalue weighted by Crippen LogP contribution is -2.40. The maximum Gasteiger partial charge on any atom is 0.242 e. The maximum absolute atomic E-state index is 12.5. The molecule has 3 aromatic rings. The summed E-state index contributed by atoms with van der Waals surface area (Å²) in [5.74, 6) is 0.553. The molecule has 134 valence electrons. The van der Waals surface area contributed by atoms with Crippen LogP contribution in [0.2, 0.25) is 0 Å². The second-order valence-electron chi connectivity index (χ2n) is 6.80. The molecule has 1 atom stereocenters. The monoisotopic (exact) mass is 350 g/mol. The van der Waals surface area contributed by atoms with Crippen LogP contribution in [0.25, 0.3) is 22.0 Å². The fraction of sp³-hybridized carbons (Fsp3) is 0.368. The van der Waals surface area contributed by atoms with Crippen LogP contribution in [-0.2, 0) is 11.8 Å². The van der Waals surface area contributed by atoms with Gasteiger partial charge in [0.05, 0.1) is 17.9 Å². The third-order valence-electron chi connectivity index (χ3n) is 4.92. The number of hydrogen-bond acceptors (Lipinski definition) is 5. The highest BCUT2D eigenvalue weighted by atomic mass is 16.2. The Labute approximate surface area is 152 Å². The first-order valence-electron chi connectivity index (χ1n) is 8.90. The molecule has 0 saturated carbocycles. The number of nitrogens with zero attached hydrogens (tertiary/aromatic N) is 5. The molecule has 0 bridgehead atoms. The number of anilines is 1. The van der Waals surface area contributed by atoms with Crippen molar-refractivity contribution < 1.29 is 4.79 Å². The number of amides is 1. The van der Waals surface area contributed by atoms with Crippen molar-refractivity contribution in [1.29, 1.82) is 0 Å². The number of rotatable bonds is 4. The Balaban J connectivity index is 1.57. The molecule has 1 aliphatic rings. The van der Waals surface area contributed by atoms with Gasteiger partial charge in [-0.2, -0.15) is 5.10 Å². The Bertz CT molecular complexity index is 944. The van der Waals surface area contributed by atoms with Gasteiger partial charge in [0.15, 0.2) is 0 Å². The van der Waals surface area contributed by atoms with Crippen molar-refractivity contribution >= 4 is 22.5 Å². The first kappa shape index (κ1) is 16.7. The number of hydrogen-bond donors (Lipinski definition) is 1. The highest BCUT2D eigenvalue weighted by Gasteiger charge is 2.24. The van der Waals surface area contributed by atoms with Crippen molar-refractivity contribution in [3.05, 3.63) is 36.9 Å². The van der Waals surface area contributed by atoms with E-state index in [1.54, 1.807) is 23.3 Å². The molecule has 1 amide bonds. The first-order valence-corrected chi connectivity index (χ1v) is 8.90. The topological polar surface area (TPSA) is 75.9 Å². The van der Waals surface area contributed by atoms with E-state index in [-0.39, 0.29) is 11.9 Å². The average molecular weight is 350 g/mol. The van der Waals surface area contributed by atoms with Crippen LogP contribution in [0.1, 0.15) is 19.8 Å². The molecule has 0 aliphatic carbocycles. The maximum atomic E-state index is 12.5. The van der Waals surface area contributed by atoms with Gasteiger partial charge in [0.2, 0.25) is 5.91 Å². The van der Waals surface area contributed by atoms with Crippen molar-refractivity contribution in [2.24, 2.45) is 7.05 Å². The van der Waals surface area contributed by atoms with Crippen molar-refractivity contribution in [3.8, 4) is 11.3 Å². The Morgan fingerprint density at radius 3 is 2.62 bits per heavy atom. The largest absolute Gasteiger partial charge is 0.309 e. The van der Waals surface area contributed by atoms with Crippen LogP contribution in [0.3, 0.4) is 0 Å². The van der Waals surface area contributed by atoms with E-state index in [2.05, 4.69) is 25.3 Å². The van der Waals surface area contributed by atoms with Crippen molar-refractivity contribution in [2.45, 2.75) is 25.8 Å². The van der Waals surface area contributed by atoms with Crippen LogP contribution in [0, 0.1) is 0 Å². The zero-order valence-corrected chi connectivity index (χ0v) is 15.0. The number of likely N-dealkylation sites (tertiary alicyclic amines) is 1. The lowest BCUT2D eigenvalue weighted by Gasteiger charge is -2.22. The molecule has 1 aliphatic heterocycles. The summed E-state index contributed by atoms with van der Waals surface area (Å²) in [7, 11) is 1.88. The standard InChI is InChI=1S/C19H22N6O/c1-13(25-5-3-4-6-25)19(26)23-18-8-14-7-17(16-11-22-24(2)12-16)20-9-15(14)10-21-18/h7-13H,3-6H2,1-2H3,(H,21,23,26)/t13-/m0/s1. The normalized spacial score (nSPS) is 16.1. The summed E-state index contributed by atoms with van der Waals surface area (Å²) in [5.41, 5.74) is 1.80. The fourth-order valence-corrected chi connectivity index (χ4v) is 3.34. The van der Waals surface area contributed by atoms with Crippen LogP contribution in [0.15, 0.2) is 36.9 Å². The zero-order valence-electron chi connectivity index (χ0n) is 15.0. The number of fused-ring (bicyclic) bond motifs is 1. The molecule has 26 heavy (non-hydrogen) atoms. The molecule has 0 unspecified atom stereocenters. The number of carbonyl (C=O) groups excluding carboxylic acids is 1. The van der Waals surface area contributed by atoms with E-state index in [0.717, 1.165) is 48.0 Å². The van der Waals surface area contributed by atoms with Gasteiger partial charge in [0.1, 0.15) is 5.82 Å². The Morgan fingerprint density at radius 1 is 1.12 bits per heavy atom. The molecule has 1 fully saturated rings. The molecule has 0 radical (unpaired) electrons. The SMILES string of the molecule is C[C@@H](C(=O)Nc1cc2cc(-c3cnn(C)c3)ncc2cn1)N1CCCC1. The van der Waals surface area contributed by atoms with E-state index in [4.69, 9.17) is 0 Å². The van der Waals surface area contributed by atoms with E-state index in [1.165, 1.54) is 0 Å². The summed E-state index contributed by atoms with van der Waals surface area (Å²) in [5, 5.41) is 9.05. The molecule has 0 aromatic carbocycles. The van der Waals surface area contributed by atoms with Gasteiger partial charge < -0.3 is 5.32 Å². The van der Waals surface area contributed by atoms with Gasteiger partial charge in [-0.1, -0.05) is 0 Å². The van der Waals surface area contributed by atoms with Crippen LogP contribution in [-0.4, -0.2) is 49.7 Å². The predicted molar refractivity (Wildman–Crippen MR) is 101 cm³/mol.